The lowest BCUT2D eigenvalue weighted by molar-refractivity contribution is -0.126. The van der Waals surface area contributed by atoms with Crippen LogP contribution in [-0.2, 0) is 9.59 Å². The highest BCUT2D eigenvalue weighted by Gasteiger charge is 2.28. The van der Waals surface area contributed by atoms with Crippen molar-refractivity contribution < 1.29 is 14.3 Å². The Morgan fingerprint density at radius 1 is 1.42 bits per heavy atom. The van der Waals surface area contributed by atoms with Gasteiger partial charge in [-0.25, -0.2) is 0 Å². The summed E-state index contributed by atoms with van der Waals surface area (Å²) in [5.41, 5.74) is 1.66. The smallest absolute Gasteiger partial charge is 0.265 e. The lowest BCUT2D eigenvalue weighted by Crippen LogP contribution is -2.43. The molecule has 3 rings (SSSR count). The second kappa shape index (κ2) is 8.73. The maximum Gasteiger partial charge on any atom is 0.265 e. The van der Waals surface area contributed by atoms with Crippen molar-refractivity contribution in [2.24, 2.45) is 5.92 Å². The predicted molar refractivity (Wildman–Crippen MR) is 104 cm³/mol. The zero-order chi connectivity index (χ0) is 18.0. The molecule has 3 N–H and O–H groups in total. The number of carbonyl (C=O) groups excluding carboxylic acids is 2. The van der Waals surface area contributed by atoms with Gasteiger partial charge in [0.25, 0.3) is 5.91 Å². The number of piperidine rings is 1. The molecule has 0 bridgehead atoms. The first-order chi connectivity index (χ1) is 12.0. The molecule has 2 unspecified atom stereocenters. The lowest BCUT2D eigenvalue weighted by atomic mass is 9.92. The van der Waals surface area contributed by atoms with Crippen LogP contribution in [-0.4, -0.2) is 30.5 Å². The third-order valence-electron chi connectivity index (χ3n) is 5.05. The van der Waals surface area contributed by atoms with Gasteiger partial charge in [-0.2, -0.15) is 0 Å². The normalized spacial score (nSPS) is 25.8. The lowest BCUT2D eigenvalue weighted by Gasteiger charge is -2.29. The summed E-state index contributed by atoms with van der Waals surface area (Å²) in [6.45, 7) is 6.89. The van der Waals surface area contributed by atoms with Gasteiger partial charge in [0.2, 0.25) is 5.91 Å². The molecular weight excluding hydrogens is 354 g/mol. The van der Waals surface area contributed by atoms with E-state index in [1.54, 1.807) is 0 Å². The summed E-state index contributed by atoms with van der Waals surface area (Å²) < 4.78 is 5.79. The largest absolute Gasteiger partial charge is 0.478 e. The van der Waals surface area contributed by atoms with E-state index in [9.17, 15) is 9.59 Å². The molecule has 0 spiro atoms. The standard InChI is InChI=1S/C19H27N3O3.ClH/c1-4-16-19(24)22-15-6-5-13(10-17(15)25-16)12(3)21-18(23)14-7-8-20-11(2)9-14;/h5-6,10-12,14,16,20H,4,7-9H2,1-3H3,(H,21,23)(H,22,24);1H/t11-,12?,14-,16?;/m0./s1. The number of anilines is 1. The van der Waals surface area contributed by atoms with Crippen molar-refractivity contribution in [3.8, 4) is 5.75 Å². The summed E-state index contributed by atoms with van der Waals surface area (Å²) in [5, 5.41) is 9.35. The van der Waals surface area contributed by atoms with E-state index in [0.29, 0.717) is 23.9 Å². The molecule has 0 aromatic heterocycles. The van der Waals surface area contributed by atoms with Crippen molar-refractivity contribution in [1.29, 1.82) is 0 Å². The van der Waals surface area contributed by atoms with Crippen molar-refractivity contribution >= 4 is 29.9 Å². The van der Waals surface area contributed by atoms with Gasteiger partial charge in [0.05, 0.1) is 11.7 Å². The van der Waals surface area contributed by atoms with Crippen LogP contribution in [0.1, 0.15) is 51.6 Å². The maximum absolute atomic E-state index is 12.5. The Bertz CT molecular complexity index is 667. The fourth-order valence-electron chi connectivity index (χ4n) is 3.48. The number of amides is 2. The number of halogens is 1. The molecule has 26 heavy (non-hydrogen) atoms. The average molecular weight is 382 g/mol. The van der Waals surface area contributed by atoms with E-state index in [4.69, 9.17) is 4.74 Å². The van der Waals surface area contributed by atoms with Crippen LogP contribution in [0.3, 0.4) is 0 Å². The Balaban J connectivity index is 0.00000243. The number of ether oxygens (including phenoxy) is 1. The molecule has 0 saturated carbocycles. The molecule has 2 heterocycles. The molecule has 2 aliphatic heterocycles. The SMILES string of the molecule is CCC1Oc2cc(C(C)NC(=O)[C@H]3CCN[C@@H](C)C3)ccc2NC1=O.Cl. The number of hydrogen-bond acceptors (Lipinski definition) is 4. The Kier molecular flexibility index (Phi) is 6.89. The van der Waals surface area contributed by atoms with E-state index in [2.05, 4.69) is 22.9 Å². The molecule has 1 aromatic carbocycles. The maximum atomic E-state index is 12.5. The summed E-state index contributed by atoms with van der Waals surface area (Å²) in [4.78, 5) is 24.4. The Hall–Kier alpha value is -1.79. The average Bonchev–Trinajstić information content (AvgIpc) is 2.60. The number of benzene rings is 1. The number of nitrogens with one attached hydrogen (secondary N) is 3. The van der Waals surface area contributed by atoms with E-state index < -0.39 is 6.10 Å². The highest BCUT2D eigenvalue weighted by molar-refractivity contribution is 5.97. The van der Waals surface area contributed by atoms with Crippen LogP contribution in [0.5, 0.6) is 5.75 Å². The van der Waals surface area contributed by atoms with Crippen molar-refractivity contribution in [1.82, 2.24) is 10.6 Å². The van der Waals surface area contributed by atoms with Crippen LogP contribution in [0.25, 0.3) is 0 Å². The Morgan fingerprint density at radius 2 is 2.19 bits per heavy atom. The zero-order valence-corrected chi connectivity index (χ0v) is 16.3. The van der Waals surface area contributed by atoms with Crippen LogP contribution in [0, 0.1) is 5.92 Å². The summed E-state index contributed by atoms with van der Waals surface area (Å²) in [6, 6.07) is 5.94. The molecule has 0 radical (unpaired) electrons. The molecule has 1 aromatic rings. The highest BCUT2D eigenvalue weighted by Crippen LogP contribution is 2.33. The molecule has 1 saturated heterocycles. The van der Waals surface area contributed by atoms with E-state index in [1.165, 1.54) is 0 Å². The monoisotopic (exact) mass is 381 g/mol. The second-order valence-electron chi connectivity index (χ2n) is 7.07. The third kappa shape index (κ3) is 4.48. The minimum atomic E-state index is -0.455. The molecule has 144 valence electrons. The molecule has 2 aliphatic rings. The molecule has 1 fully saturated rings. The van der Waals surface area contributed by atoms with Gasteiger partial charge < -0.3 is 20.7 Å². The van der Waals surface area contributed by atoms with Gasteiger partial charge in [0.1, 0.15) is 5.75 Å². The highest BCUT2D eigenvalue weighted by atomic mass is 35.5. The zero-order valence-electron chi connectivity index (χ0n) is 15.5. The summed E-state index contributed by atoms with van der Waals surface area (Å²) in [7, 11) is 0. The van der Waals surface area contributed by atoms with Crippen LogP contribution in [0.15, 0.2) is 18.2 Å². The number of rotatable bonds is 4. The Morgan fingerprint density at radius 3 is 2.88 bits per heavy atom. The predicted octanol–water partition coefficient (Wildman–Crippen LogP) is 2.78. The minimum Gasteiger partial charge on any atom is -0.478 e. The van der Waals surface area contributed by atoms with Gasteiger partial charge in [-0.1, -0.05) is 13.0 Å². The quantitative estimate of drug-likeness (QED) is 0.749. The molecule has 6 nitrogen and oxygen atoms in total. The second-order valence-corrected chi connectivity index (χ2v) is 7.07. The first-order valence-corrected chi connectivity index (χ1v) is 9.13. The first kappa shape index (κ1) is 20.5. The van der Waals surface area contributed by atoms with Crippen LogP contribution in [0.2, 0.25) is 0 Å². The number of carbonyl (C=O) groups is 2. The van der Waals surface area contributed by atoms with Crippen LogP contribution >= 0.6 is 12.4 Å². The Labute approximate surface area is 160 Å². The molecular formula is C19H28ClN3O3. The minimum absolute atomic E-state index is 0. The molecule has 7 heteroatoms. The van der Waals surface area contributed by atoms with Gasteiger partial charge in [0.15, 0.2) is 6.10 Å². The summed E-state index contributed by atoms with van der Waals surface area (Å²) in [5.74, 6) is 0.736. The van der Waals surface area contributed by atoms with Crippen LogP contribution in [0.4, 0.5) is 5.69 Å². The number of hydrogen-bond donors (Lipinski definition) is 3. The molecule has 2 amide bonds. The third-order valence-corrected chi connectivity index (χ3v) is 5.05. The topological polar surface area (TPSA) is 79.5 Å². The van der Waals surface area contributed by atoms with Gasteiger partial charge in [-0.05, 0) is 57.4 Å². The van der Waals surface area contributed by atoms with Gasteiger partial charge >= 0.3 is 0 Å². The van der Waals surface area contributed by atoms with Crippen LogP contribution < -0.4 is 20.7 Å². The fraction of sp³-hybridized carbons (Fsp3) is 0.579. The van der Waals surface area contributed by atoms with Crippen molar-refractivity contribution in [2.75, 3.05) is 11.9 Å². The van der Waals surface area contributed by atoms with E-state index in [-0.39, 0.29) is 36.2 Å². The van der Waals surface area contributed by atoms with Gasteiger partial charge in [-0.15, -0.1) is 12.4 Å². The fourth-order valence-corrected chi connectivity index (χ4v) is 3.48. The number of fused-ring (bicyclic) bond motifs is 1. The van der Waals surface area contributed by atoms with E-state index in [1.807, 2.05) is 32.0 Å². The molecule has 0 aliphatic carbocycles. The molecule has 4 atom stereocenters. The van der Waals surface area contributed by atoms with Crippen molar-refractivity contribution in [3.05, 3.63) is 23.8 Å². The summed E-state index contributed by atoms with van der Waals surface area (Å²) >= 11 is 0. The van der Waals surface area contributed by atoms with Gasteiger partial charge in [-0.3, -0.25) is 9.59 Å². The van der Waals surface area contributed by atoms with Crippen molar-refractivity contribution in [3.63, 3.8) is 0 Å². The summed E-state index contributed by atoms with van der Waals surface area (Å²) in [6.07, 6.45) is 1.91. The van der Waals surface area contributed by atoms with Crippen molar-refractivity contribution in [2.45, 2.75) is 58.2 Å². The van der Waals surface area contributed by atoms with E-state index >= 15 is 0 Å². The first-order valence-electron chi connectivity index (χ1n) is 9.13. The van der Waals surface area contributed by atoms with E-state index in [0.717, 1.165) is 24.9 Å². The van der Waals surface area contributed by atoms with Gasteiger partial charge in [0, 0.05) is 12.0 Å².